The number of carbonyl (C=O) groups is 1. The van der Waals surface area contributed by atoms with Crippen molar-refractivity contribution in [2.45, 2.75) is 97.3 Å². The average Bonchev–Trinajstić information content (AvgIpc) is 2.94. The molecule has 28 heavy (non-hydrogen) atoms. The quantitative estimate of drug-likeness (QED) is 0.373. The summed E-state index contributed by atoms with van der Waals surface area (Å²) in [5.41, 5.74) is 2.72. The Bertz CT molecular complexity index is 688. The highest BCUT2D eigenvalue weighted by molar-refractivity contribution is 6.77. The topological polar surface area (TPSA) is 26.3 Å². The van der Waals surface area contributed by atoms with Gasteiger partial charge in [-0.2, -0.15) is 0 Å². The highest BCUT2D eigenvalue weighted by Crippen LogP contribution is 2.69. The van der Waals surface area contributed by atoms with Crippen LogP contribution in [-0.2, 0) is 9.22 Å². The SMILES string of the molecule is CC[C@]1(O[Si](C)(C)CCl)CCC2C3CCC4=CC(=O)CCC4(C)C3CCC21C. The summed E-state index contributed by atoms with van der Waals surface area (Å²) < 4.78 is 7.03. The predicted molar refractivity (Wildman–Crippen MR) is 119 cm³/mol. The molecule has 158 valence electrons. The summed E-state index contributed by atoms with van der Waals surface area (Å²) in [6.45, 7) is 12.0. The first kappa shape index (κ1) is 21.1. The smallest absolute Gasteiger partial charge is 0.202 e. The molecule has 4 heteroatoms. The molecule has 0 heterocycles. The number of hydrogen-bond acceptors (Lipinski definition) is 2. The van der Waals surface area contributed by atoms with Crippen LogP contribution in [0.2, 0.25) is 13.1 Å². The van der Waals surface area contributed by atoms with Crippen molar-refractivity contribution in [3.8, 4) is 0 Å². The molecule has 0 aromatic rings. The van der Waals surface area contributed by atoms with E-state index in [-0.39, 0.29) is 16.4 Å². The molecule has 0 radical (unpaired) electrons. The molecule has 0 spiro atoms. The Hall–Kier alpha value is -0.123. The summed E-state index contributed by atoms with van der Waals surface area (Å²) in [5.74, 6) is 2.68. The third kappa shape index (κ3) is 2.93. The van der Waals surface area contributed by atoms with E-state index >= 15 is 0 Å². The lowest BCUT2D eigenvalue weighted by Crippen LogP contribution is -2.58. The minimum absolute atomic E-state index is 0.0206. The molecule has 0 aromatic carbocycles. The van der Waals surface area contributed by atoms with Crippen LogP contribution < -0.4 is 0 Å². The first-order valence-corrected chi connectivity index (χ1v) is 15.3. The summed E-state index contributed by atoms with van der Waals surface area (Å²) in [6.07, 6.45) is 12.5. The Kier molecular flexibility index (Phi) is 5.24. The fourth-order valence-corrected chi connectivity index (χ4v) is 9.78. The predicted octanol–water partition coefficient (Wildman–Crippen LogP) is 6.67. The maximum absolute atomic E-state index is 12.0. The van der Waals surface area contributed by atoms with Crippen molar-refractivity contribution in [3.05, 3.63) is 11.6 Å². The van der Waals surface area contributed by atoms with E-state index in [1.54, 1.807) is 0 Å². The van der Waals surface area contributed by atoms with Crippen LogP contribution in [-0.4, -0.2) is 25.2 Å². The van der Waals surface area contributed by atoms with E-state index in [1.165, 1.54) is 37.7 Å². The zero-order chi connectivity index (χ0) is 20.4. The molecule has 0 saturated heterocycles. The summed E-state index contributed by atoms with van der Waals surface area (Å²) in [7, 11) is -1.83. The van der Waals surface area contributed by atoms with Gasteiger partial charge in [0, 0.05) is 11.9 Å². The molecule has 4 aliphatic rings. The Morgan fingerprint density at radius 1 is 1.11 bits per heavy atom. The standard InChI is InChI=1S/C24H39ClO2Si/c1-6-24(27-28(4,5)16-25)14-11-21-19-8-7-17-15-18(26)9-12-22(17,2)20(19)10-13-23(21,24)3/h15,19-21H,6-14,16H2,1-5H3/t19?,20?,21?,22?,23?,24-/m0/s1. The number of allylic oxidation sites excluding steroid dienone is 1. The van der Waals surface area contributed by atoms with E-state index in [9.17, 15) is 4.79 Å². The van der Waals surface area contributed by atoms with E-state index in [0.717, 1.165) is 43.4 Å². The fraction of sp³-hybridized carbons (Fsp3) is 0.875. The van der Waals surface area contributed by atoms with Gasteiger partial charge < -0.3 is 4.43 Å². The Morgan fingerprint density at radius 2 is 1.82 bits per heavy atom. The normalized spacial score (nSPS) is 45.9. The maximum atomic E-state index is 12.0. The van der Waals surface area contributed by atoms with Crippen molar-refractivity contribution in [3.63, 3.8) is 0 Å². The molecule has 0 bridgehead atoms. The molecule has 2 nitrogen and oxygen atoms in total. The zero-order valence-electron chi connectivity index (χ0n) is 18.6. The molecule has 0 N–H and O–H groups in total. The maximum Gasteiger partial charge on any atom is 0.202 e. The zero-order valence-corrected chi connectivity index (χ0v) is 20.3. The first-order chi connectivity index (χ1) is 13.1. The van der Waals surface area contributed by atoms with Crippen molar-refractivity contribution >= 4 is 25.7 Å². The molecule has 3 fully saturated rings. The monoisotopic (exact) mass is 422 g/mol. The number of carbonyl (C=O) groups excluding carboxylic acids is 1. The van der Waals surface area contributed by atoms with Gasteiger partial charge in [-0.25, -0.2) is 0 Å². The van der Waals surface area contributed by atoms with E-state index in [0.29, 0.717) is 11.3 Å². The van der Waals surface area contributed by atoms with E-state index in [2.05, 4.69) is 33.9 Å². The lowest BCUT2D eigenvalue weighted by Gasteiger charge is -2.60. The van der Waals surface area contributed by atoms with Crippen LogP contribution >= 0.6 is 11.6 Å². The molecule has 6 atom stereocenters. The number of ketones is 1. The van der Waals surface area contributed by atoms with E-state index < -0.39 is 8.32 Å². The van der Waals surface area contributed by atoms with Gasteiger partial charge in [0.1, 0.15) is 0 Å². The molecule has 0 aliphatic heterocycles. The molecule has 4 aliphatic carbocycles. The number of fused-ring (bicyclic) bond motifs is 5. The summed E-state index contributed by atoms with van der Waals surface area (Å²) in [4.78, 5) is 12.0. The van der Waals surface area contributed by atoms with Crippen LogP contribution in [0.4, 0.5) is 0 Å². The van der Waals surface area contributed by atoms with Crippen molar-refractivity contribution < 1.29 is 9.22 Å². The van der Waals surface area contributed by atoms with Crippen LogP contribution in [0.3, 0.4) is 0 Å². The highest BCUT2D eigenvalue weighted by atomic mass is 35.5. The fourth-order valence-electron chi connectivity index (χ4n) is 8.03. The van der Waals surface area contributed by atoms with Gasteiger partial charge in [-0.05, 0) is 99.1 Å². The third-order valence-corrected chi connectivity index (χ3v) is 13.1. The largest absolute Gasteiger partial charge is 0.410 e. The van der Waals surface area contributed by atoms with Crippen molar-refractivity contribution in [1.29, 1.82) is 0 Å². The summed E-state index contributed by atoms with van der Waals surface area (Å²) in [6, 6.07) is 0. The molecule has 0 aromatic heterocycles. The Balaban J connectivity index is 1.65. The number of rotatable bonds is 4. The second-order valence-electron chi connectivity index (χ2n) is 11.3. The van der Waals surface area contributed by atoms with Crippen molar-refractivity contribution in [2.75, 3.05) is 5.50 Å². The van der Waals surface area contributed by atoms with Gasteiger partial charge in [0.2, 0.25) is 8.32 Å². The first-order valence-electron chi connectivity index (χ1n) is 11.6. The van der Waals surface area contributed by atoms with Crippen LogP contribution in [0.5, 0.6) is 0 Å². The van der Waals surface area contributed by atoms with Crippen LogP contribution in [0.15, 0.2) is 11.6 Å². The van der Waals surface area contributed by atoms with Crippen LogP contribution in [0.1, 0.15) is 78.6 Å². The van der Waals surface area contributed by atoms with Crippen LogP contribution in [0.25, 0.3) is 0 Å². The molecule has 3 saturated carbocycles. The second-order valence-corrected chi connectivity index (χ2v) is 16.1. The van der Waals surface area contributed by atoms with E-state index in [4.69, 9.17) is 16.0 Å². The van der Waals surface area contributed by atoms with Gasteiger partial charge in [-0.1, -0.05) is 26.3 Å². The van der Waals surface area contributed by atoms with Gasteiger partial charge >= 0.3 is 0 Å². The van der Waals surface area contributed by atoms with Gasteiger partial charge in [0.15, 0.2) is 5.78 Å². The highest BCUT2D eigenvalue weighted by Gasteiger charge is 2.64. The van der Waals surface area contributed by atoms with Crippen molar-refractivity contribution in [2.24, 2.45) is 28.6 Å². The average molecular weight is 423 g/mol. The van der Waals surface area contributed by atoms with Crippen LogP contribution in [0, 0.1) is 28.6 Å². The van der Waals surface area contributed by atoms with E-state index in [1.807, 2.05) is 6.08 Å². The molecule has 5 unspecified atom stereocenters. The number of alkyl halides is 1. The molecule has 4 rings (SSSR count). The summed E-state index contributed by atoms with van der Waals surface area (Å²) >= 11 is 6.33. The Morgan fingerprint density at radius 3 is 2.50 bits per heavy atom. The lowest BCUT2D eigenvalue weighted by molar-refractivity contribution is -0.124. The van der Waals surface area contributed by atoms with Gasteiger partial charge in [-0.15, -0.1) is 11.6 Å². The van der Waals surface area contributed by atoms with Gasteiger partial charge in [-0.3, -0.25) is 4.79 Å². The lowest BCUT2D eigenvalue weighted by atomic mass is 9.46. The minimum atomic E-state index is -1.83. The van der Waals surface area contributed by atoms with Gasteiger partial charge in [0.05, 0.1) is 5.60 Å². The van der Waals surface area contributed by atoms with Crippen molar-refractivity contribution in [1.82, 2.24) is 0 Å². The minimum Gasteiger partial charge on any atom is -0.410 e. The molecular weight excluding hydrogens is 384 g/mol. The number of hydrogen-bond donors (Lipinski definition) is 0. The molecule has 0 amide bonds. The summed E-state index contributed by atoms with van der Waals surface area (Å²) in [5, 5.41) is 0. The number of halogens is 1. The van der Waals surface area contributed by atoms with Gasteiger partial charge in [0.25, 0.3) is 0 Å². The third-order valence-electron chi connectivity index (χ3n) is 9.62. The Labute approximate surface area is 178 Å². The molecular formula is C24H39ClO2Si. The second kappa shape index (κ2) is 6.95.